The first-order valence-corrected chi connectivity index (χ1v) is 6.24. The Morgan fingerprint density at radius 3 is 2.53 bits per heavy atom. The van der Waals surface area contributed by atoms with Gasteiger partial charge in [0.1, 0.15) is 0 Å². The lowest BCUT2D eigenvalue weighted by Gasteiger charge is -2.42. The van der Waals surface area contributed by atoms with Gasteiger partial charge in [-0.1, -0.05) is 12.8 Å². The zero-order chi connectivity index (χ0) is 10.9. The van der Waals surface area contributed by atoms with Gasteiger partial charge in [0.05, 0.1) is 6.10 Å². The van der Waals surface area contributed by atoms with Crippen molar-refractivity contribution < 1.29 is 4.74 Å². The number of likely N-dealkylation sites (N-methyl/N-ethyl adjacent to an activating group) is 1. The summed E-state index contributed by atoms with van der Waals surface area (Å²) in [6.45, 7) is 3.90. The van der Waals surface area contributed by atoms with Gasteiger partial charge < -0.3 is 10.5 Å². The molecule has 0 bridgehead atoms. The van der Waals surface area contributed by atoms with E-state index in [-0.39, 0.29) is 5.54 Å². The zero-order valence-electron chi connectivity index (χ0n) is 10.0. The molecule has 2 fully saturated rings. The second kappa shape index (κ2) is 4.40. The summed E-state index contributed by atoms with van der Waals surface area (Å²) in [5, 5.41) is 0. The van der Waals surface area contributed by atoms with Crippen molar-refractivity contribution in [2.45, 2.75) is 56.7 Å². The lowest BCUT2D eigenvalue weighted by Crippen LogP contribution is -2.55. The minimum absolute atomic E-state index is 0.270. The smallest absolute Gasteiger partial charge is 0.0703 e. The third-order valence-corrected chi connectivity index (χ3v) is 4.50. The van der Waals surface area contributed by atoms with Crippen molar-refractivity contribution in [3.63, 3.8) is 0 Å². The van der Waals surface area contributed by atoms with Crippen molar-refractivity contribution in [1.29, 1.82) is 0 Å². The molecule has 3 heteroatoms. The fourth-order valence-corrected chi connectivity index (χ4v) is 3.31. The fraction of sp³-hybridized carbons (Fsp3) is 1.00. The predicted octanol–water partition coefficient (Wildman–Crippen LogP) is 1.37. The van der Waals surface area contributed by atoms with E-state index in [1.165, 1.54) is 32.1 Å². The van der Waals surface area contributed by atoms with Crippen molar-refractivity contribution in [3.8, 4) is 0 Å². The molecule has 2 N–H and O–H groups in total. The van der Waals surface area contributed by atoms with Crippen LogP contribution in [0.4, 0.5) is 0 Å². The molecular formula is C12H24N2O. The molecule has 2 aliphatic rings. The van der Waals surface area contributed by atoms with E-state index in [1.54, 1.807) is 0 Å². The van der Waals surface area contributed by atoms with E-state index in [0.717, 1.165) is 13.2 Å². The molecule has 2 atom stereocenters. The Hall–Kier alpha value is -0.120. The Morgan fingerprint density at radius 1 is 1.40 bits per heavy atom. The van der Waals surface area contributed by atoms with Gasteiger partial charge >= 0.3 is 0 Å². The van der Waals surface area contributed by atoms with Crippen molar-refractivity contribution in [3.05, 3.63) is 0 Å². The van der Waals surface area contributed by atoms with Crippen molar-refractivity contribution >= 4 is 0 Å². The summed E-state index contributed by atoms with van der Waals surface area (Å²) < 4.78 is 5.65. The Morgan fingerprint density at radius 2 is 2.07 bits per heavy atom. The van der Waals surface area contributed by atoms with Crippen LogP contribution < -0.4 is 5.73 Å². The molecule has 1 saturated carbocycles. The molecule has 2 unspecified atom stereocenters. The van der Waals surface area contributed by atoms with Crippen LogP contribution in [-0.4, -0.2) is 42.8 Å². The van der Waals surface area contributed by atoms with E-state index < -0.39 is 0 Å². The van der Waals surface area contributed by atoms with Gasteiger partial charge in [-0.2, -0.15) is 0 Å². The average Bonchev–Trinajstić information content (AvgIpc) is 2.86. The predicted molar refractivity (Wildman–Crippen MR) is 61.8 cm³/mol. The maximum atomic E-state index is 6.00. The molecule has 88 valence electrons. The van der Waals surface area contributed by atoms with Crippen LogP contribution in [0.2, 0.25) is 0 Å². The molecule has 1 aliphatic heterocycles. The third-order valence-electron chi connectivity index (χ3n) is 4.50. The summed E-state index contributed by atoms with van der Waals surface area (Å²) in [6.07, 6.45) is 6.75. The molecule has 0 aromatic heterocycles. The van der Waals surface area contributed by atoms with Crippen molar-refractivity contribution in [1.82, 2.24) is 4.90 Å². The first kappa shape index (κ1) is 11.4. The van der Waals surface area contributed by atoms with Crippen LogP contribution in [0, 0.1) is 0 Å². The second-order valence-corrected chi connectivity index (χ2v) is 5.18. The lowest BCUT2D eigenvalue weighted by molar-refractivity contribution is 0.0309. The number of ether oxygens (including phenoxy) is 1. The van der Waals surface area contributed by atoms with Crippen LogP contribution in [-0.2, 0) is 4.74 Å². The highest BCUT2D eigenvalue weighted by Crippen LogP contribution is 2.37. The van der Waals surface area contributed by atoms with E-state index in [2.05, 4.69) is 18.9 Å². The van der Waals surface area contributed by atoms with Gasteiger partial charge in [-0.15, -0.1) is 0 Å². The molecule has 0 aromatic rings. The van der Waals surface area contributed by atoms with E-state index >= 15 is 0 Å². The molecule has 1 heterocycles. The van der Waals surface area contributed by atoms with Crippen LogP contribution in [0.5, 0.6) is 0 Å². The van der Waals surface area contributed by atoms with Gasteiger partial charge in [-0.3, -0.25) is 4.90 Å². The molecule has 1 saturated heterocycles. The van der Waals surface area contributed by atoms with E-state index in [1.807, 2.05) is 0 Å². The minimum Gasteiger partial charge on any atom is -0.377 e. The Balaban J connectivity index is 2.07. The van der Waals surface area contributed by atoms with Gasteiger partial charge in [-0.25, -0.2) is 0 Å². The molecule has 1 aliphatic carbocycles. The van der Waals surface area contributed by atoms with E-state index in [0.29, 0.717) is 12.1 Å². The number of hydrogen-bond donors (Lipinski definition) is 1. The highest BCUT2D eigenvalue weighted by atomic mass is 16.5. The number of rotatable bonds is 3. The van der Waals surface area contributed by atoms with E-state index in [9.17, 15) is 0 Å². The molecule has 0 aromatic carbocycles. The average molecular weight is 212 g/mol. The van der Waals surface area contributed by atoms with Gasteiger partial charge in [-0.05, 0) is 33.2 Å². The maximum Gasteiger partial charge on any atom is 0.0703 e. The molecule has 0 amide bonds. The Bertz CT molecular complexity index is 214. The molecule has 2 rings (SSSR count). The van der Waals surface area contributed by atoms with Crippen LogP contribution >= 0.6 is 0 Å². The standard InChI is InChI=1S/C12H24N2O/c1-10-11(5-8-15-10)14(2)12(9-13)6-3-4-7-12/h10-11H,3-9,13H2,1-2H3. The first-order valence-electron chi connectivity index (χ1n) is 6.24. The third kappa shape index (κ3) is 1.93. The van der Waals surface area contributed by atoms with Crippen LogP contribution in [0.1, 0.15) is 39.0 Å². The second-order valence-electron chi connectivity index (χ2n) is 5.18. The zero-order valence-corrected chi connectivity index (χ0v) is 10.0. The number of hydrogen-bond acceptors (Lipinski definition) is 3. The van der Waals surface area contributed by atoms with Crippen LogP contribution in [0.25, 0.3) is 0 Å². The van der Waals surface area contributed by atoms with Crippen molar-refractivity contribution in [2.24, 2.45) is 5.73 Å². The van der Waals surface area contributed by atoms with E-state index in [4.69, 9.17) is 10.5 Å². The SMILES string of the molecule is CC1OCCC1N(C)C1(CN)CCCC1. The Kier molecular flexibility index (Phi) is 3.33. The molecule has 0 radical (unpaired) electrons. The summed E-state index contributed by atoms with van der Waals surface area (Å²) in [4.78, 5) is 2.53. The monoisotopic (exact) mass is 212 g/mol. The highest BCUT2D eigenvalue weighted by molar-refractivity contribution is 4.99. The minimum atomic E-state index is 0.270. The van der Waals surface area contributed by atoms with Gasteiger partial charge in [0.15, 0.2) is 0 Å². The number of nitrogens with two attached hydrogens (primary N) is 1. The largest absolute Gasteiger partial charge is 0.377 e. The summed E-state index contributed by atoms with van der Waals surface area (Å²) in [7, 11) is 2.24. The van der Waals surface area contributed by atoms with Crippen LogP contribution in [0.15, 0.2) is 0 Å². The molecule has 3 nitrogen and oxygen atoms in total. The quantitative estimate of drug-likeness (QED) is 0.768. The first-order chi connectivity index (χ1) is 7.19. The normalized spacial score (nSPS) is 35.2. The van der Waals surface area contributed by atoms with Crippen molar-refractivity contribution in [2.75, 3.05) is 20.2 Å². The summed E-state index contributed by atoms with van der Waals surface area (Å²) in [5.41, 5.74) is 6.27. The molecule has 0 spiro atoms. The molecule has 15 heavy (non-hydrogen) atoms. The van der Waals surface area contributed by atoms with Gasteiger partial charge in [0.25, 0.3) is 0 Å². The Labute approximate surface area is 93.0 Å². The van der Waals surface area contributed by atoms with Gasteiger partial charge in [0, 0.05) is 24.7 Å². The summed E-state index contributed by atoms with van der Waals surface area (Å²) in [6, 6.07) is 0.576. The fourth-order valence-electron chi connectivity index (χ4n) is 3.31. The maximum absolute atomic E-state index is 6.00. The lowest BCUT2D eigenvalue weighted by atomic mass is 9.92. The summed E-state index contributed by atoms with van der Waals surface area (Å²) >= 11 is 0. The topological polar surface area (TPSA) is 38.5 Å². The molecular weight excluding hydrogens is 188 g/mol. The highest BCUT2D eigenvalue weighted by Gasteiger charge is 2.42. The van der Waals surface area contributed by atoms with Crippen LogP contribution in [0.3, 0.4) is 0 Å². The number of nitrogens with zero attached hydrogens (tertiary/aromatic N) is 1. The van der Waals surface area contributed by atoms with Gasteiger partial charge in [0.2, 0.25) is 0 Å². The summed E-state index contributed by atoms with van der Waals surface area (Å²) in [5.74, 6) is 0.